The molecule has 4 atom stereocenters. The van der Waals surface area contributed by atoms with Gasteiger partial charge >= 0.3 is 12.0 Å². The van der Waals surface area contributed by atoms with Crippen molar-refractivity contribution in [3.63, 3.8) is 0 Å². The van der Waals surface area contributed by atoms with Crippen LogP contribution in [-0.2, 0) is 22.7 Å². The van der Waals surface area contributed by atoms with Crippen molar-refractivity contribution in [2.24, 2.45) is 5.92 Å². The molecule has 0 spiro atoms. The molecule has 1 aliphatic carbocycles. The highest BCUT2D eigenvalue weighted by Crippen LogP contribution is 2.38. The van der Waals surface area contributed by atoms with Gasteiger partial charge < -0.3 is 30.1 Å². The molecule has 0 bridgehead atoms. The van der Waals surface area contributed by atoms with Gasteiger partial charge in [-0.1, -0.05) is 55.5 Å². The molecule has 3 amide bonds. The van der Waals surface area contributed by atoms with Crippen LogP contribution in [0.15, 0.2) is 72.5 Å². The number of amides is 3. The number of hydrogen-bond donors (Lipinski definition) is 3. The highest BCUT2D eigenvalue weighted by molar-refractivity contribution is 5.86. The summed E-state index contributed by atoms with van der Waals surface area (Å²) in [7, 11) is 1.83. The van der Waals surface area contributed by atoms with Crippen LogP contribution in [0.25, 0.3) is 0 Å². The van der Waals surface area contributed by atoms with Crippen LogP contribution in [0, 0.1) is 5.92 Å². The van der Waals surface area contributed by atoms with Gasteiger partial charge in [0, 0.05) is 26.7 Å². The largest absolute Gasteiger partial charge is 0.508 e. The maximum absolute atomic E-state index is 14.3. The standard InChI is InChI=1S/C34H42N6O6/c1-3-16-38(34(45)35-18-24-8-5-4-6-9-24)39-21-30(42)40-27(17-23-12-14-26(41)15-13-23)33(44)37(20-29(39)40)19-25-10-7-11-28-32(25)36(2)22-31(43)46-28/h4-12,14-15,23,27,29-30,41-42H,3,13,16-22H2,1-2H3,(H,35,45)/t23?,27-,29+,30?/m0/s1. The Hall–Kier alpha value is -4.39. The summed E-state index contributed by atoms with van der Waals surface area (Å²) in [5, 5.41) is 28.0. The van der Waals surface area contributed by atoms with Crippen LogP contribution in [-0.4, -0.2) is 99.6 Å². The van der Waals surface area contributed by atoms with E-state index >= 15 is 0 Å². The topological polar surface area (TPSA) is 129 Å². The maximum atomic E-state index is 14.3. The average Bonchev–Trinajstić information content (AvgIpc) is 3.36. The highest BCUT2D eigenvalue weighted by atomic mass is 16.5. The number of carbonyl (C=O) groups is 3. The second kappa shape index (κ2) is 13.5. The Morgan fingerprint density at radius 2 is 1.91 bits per heavy atom. The number of likely N-dealkylation sites (N-methyl/N-ethyl adjacent to an activating group) is 1. The van der Waals surface area contributed by atoms with Crippen molar-refractivity contribution in [1.29, 1.82) is 0 Å². The number of anilines is 1. The van der Waals surface area contributed by atoms with Gasteiger partial charge in [0.1, 0.15) is 24.7 Å². The minimum Gasteiger partial charge on any atom is -0.508 e. The lowest BCUT2D eigenvalue weighted by atomic mass is 9.90. The van der Waals surface area contributed by atoms with Gasteiger partial charge in [-0.3, -0.25) is 9.80 Å². The number of hydrazine groups is 1. The number of piperazine rings is 1. The number of benzene rings is 2. The van der Waals surface area contributed by atoms with Gasteiger partial charge in [0.2, 0.25) is 5.91 Å². The zero-order valence-electron chi connectivity index (χ0n) is 26.3. The van der Waals surface area contributed by atoms with E-state index in [1.807, 2.05) is 77.3 Å². The summed E-state index contributed by atoms with van der Waals surface area (Å²) in [6.45, 7) is 3.60. The first-order chi connectivity index (χ1) is 22.2. The number of aliphatic hydroxyl groups excluding tert-OH is 2. The lowest BCUT2D eigenvalue weighted by Crippen LogP contribution is -2.66. The number of allylic oxidation sites excluding steroid dienone is 3. The van der Waals surface area contributed by atoms with Crippen LogP contribution in [0.5, 0.6) is 5.75 Å². The van der Waals surface area contributed by atoms with Gasteiger partial charge in [-0.25, -0.2) is 14.5 Å². The lowest BCUT2D eigenvalue weighted by molar-refractivity contribution is -0.159. The van der Waals surface area contributed by atoms with Gasteiger partial charge in [-0.15, -0.1) is 0 Å². The summed E-state index contributed by atoms with van der Waals surface area (Å²) in [6.07, 6.45) is 5.60. The third-order valence-corrected chi connectivity index (χ3v) is 9.10. The molecule has 2 aromatic carbocycles. The molecule has 0 radical (unpaired) electrons. The van der Waals surface area contributed by atoms with Crippen LogP contribution in [0.4, 0.5) is 10.5 Å². The quantitative estimate of drug-likeness (QED) is 0.283. The van der Waals surface area contributed by atoms with E-state index in [1.165, 1.54) is 0 Å². The number of para-hydroxylation sites is 1. The van der Waals surface area contributed by atoms with Crippen LogP contribution in [0.2, 0.25) is 0 Å². The van der Waals surface area contributed by atoms with Crippen molar-refractivity contribution >= 4 is 23.6 Å². The molecule has 12 nitrogen and oxygen atoms in total. The van der Waals surface area contributed by atoms with E-state index in [9.17, 15) is 24.6 Å². The van der Waals surface area contributed by atoms with Gasteiger partial charge in [-0.05, 0) is 54.5 Å². The fraction of sp³-hybridized carbons (Fsp3) is 0.441. The Labute approximate surface area is 269 Å². The van der Waals surface area contributed by atoms with Crippen molar-refractivity contribution in [3.05, 3.63) is 83.6 Å². The molecule has 3 heterocycles. The molecule has 0 aromatic heterocycles. The van der Waals surface area contributed by atoms with Crippen molar-refractivity contribution in [2.75, 3.05) is 38.1 Å². The first-order valence-corrected chi connectivity index (χ1v) is 15.9. The predicted octanol–water partition coefficient (Wildman–Crippen LogP) is 2.96. The zero-order valence-corrected chi connectivity index (χ0v) is 26.3. The molecule has 6 rings (SSSR count). The molecule has 12 heteroatoms. The number of esters is 1. The Bertz CT molecular complexity index is 1510. The average molecular weight is 631 g/mol. The first-order valence-electron chi connectivity index (χ1n) is 15.9. The monoisotopic (exact) mass is 630 g/mol. The van der Waals surface area contributed by atoms with Crippen molar-refractivity contribution < 1.29 is 29.3 Å². The van der Waals surface area contributed by atoms with Gasteiger partial charge in [-0.2, -0.15) is 5.01 Å². The number of fused-ring (bicyclic) bond motifs is 2. The first kappa shape index (κ1) is 31.6. The number of rotatable bonds is 9. The third kappa shape index (κ3) is 6.46. The SMILES string of the molecule is CCCN(C(=O)NCc1ccccc1)N1CC(O)N2[C@@H](CC3C=CC(O)=CC3)C(=O)N(Cc3cccc4c3N(C)CC(=O)O4)C[C@@H]21. The second-order valence-corrected chi connectivity index (χ2v) is 12.3. The van der Waals surface area contributed by atoms with E-state index in [1.54, 1.807) is 28.1 Å². The van der Waals surface area contributed by atoms with E-state index in [2.05, 4.69) is 5.32 Å². The molecule has 3 N–H and O–H groups in total. The molecule has 2 saturated heterocycles. The summed E-state index contributed by atoms with van der Waals surface area (Å²) < 4.78 is 5.51. The fourth-order valence-electron chi connectivity index (χ4n) is 6.97. The van der Waals surface area contributed by atoms with Gasteiger partial charge in [0.05, 0.1) is 24.8 Å². The number of hydrogen-bond acceptors (Lipinski definition) is 9. The molecule has 0 saturated carbocycles. The summed E-state index contributed by atoms with van der Waals surface area (Å²) >= 11 is 0. The van der Waals surface area contributed by atoms with E-state index in [0.29, 0.717) is 38.1 Å². The van der Waals surface area contributed by atoms with Crippen LogP contribution < -0.4 is 15.0 Å². The molecule has 46 heavy (non-hydrogen) atoms. The Balaban J connectivity index is 1.29. The molecular weight excluding hydrogens is 588 g/mol. The number of ether oxygens (including phenoxy) is 1. The Kier molecular flexibility index (Phi) is 9.29. The molecule has 4 aliphatic rings. The van der Waals surface area contributed by atoms with Crippen molar-refractivity contribution in [2.45, 2.75) is 57.7 Å². The predicted molar refractivity (Wildman–Crippen MR) is 171 cm³/mol. The fourth-order valence-corrected chi connectivity index (χ4v) is 6.97. The number of nitrogens with zero attached hydrogens (tertiary/aromatic N) is 5. The second-order valence-electron chi connectivity index (χ2n) is 12.3. The maximum Gasteiger partial charge on any atom is 0.332 e. The summed E-state index contributed by atoms with van der Waals surface area (Å²) in [4.78, 5) is 45.6. The normalized spacial score (nSPS) is 24.7. The minimum absolute atomic E-state index is 0.0114. The zero-order chi connectivity index (χ0) is 32.4. The van der Waals surface area contributed by atoms with Crippen molar-refractivity contribution in [1.82, 2.24) is 25.1 Å². The molecule has 2 fully saturated rings. The number of β-amino-alcohol motifs (C(OH)–C–C–N with tert-alkyl or cyclic N) is 1. The van der Waals surface area contributed by atoms with Crippen LogP contribution in [0.1, 0.15) is 37.3 Å². The number of aliphatic hydroxyl groups is 2. The highest BCUT2D eigenvalue weighted by Gasteiger charge is 2.53. The van der Waals surface area contributed by atoms with Crippen LogP contribution >= 0.6 is 0 Å². The number of urea groups is 1. The number of carbonyl (C=O) groups excluding carboxylic acids is 3. The molecule has 2 unspecified atom stereocenters. The van der Waals surface area contributed by atoms with E-state index < -0.39 is 18.4 Å². The molecule has 3 aliphatic heterocycles. The van der Waals surface area contributed by atoms with E-state index in [-0.39, 0.29) is 55.8 Å². The third-order valence-electron chi connectivity index (χ3n) is 9.10. The number of nitrogens with one attached hydrogen (secondary N) is 1. The lowest BCUT2D eigenvalue weighted by Gasteiger charge is -2.47. The van der Waals surface area contributed by atoms with Crippen molar-refractivity contribution in [3.8, 4) is 5.75 Å². The summed E-state index contributed by atoms with van der Waals surface area (Å²) in [6, 6.07) is 14.3. The summed E-state index contributed by atoms with van der Waals surface area (Å²) in [5.41, 5.74) is 2.59. The van der Waals surface area contributed by atoms with Gasteiger partial charge in [0.15, 0.2) is 5.75 Å². The van der Waals surface area contributed by atoms with E-state index in [0.717, 1.165) is 16.8 Å². The Morgan fingerprint density at radius 3 is 2.65 bits per heavy atom. The Morgan fingerprint density at radius 1 is 1.11 bits per heavy atom. The summed E-state index contributed by atoms with van der Waals surface area (Å²) in [5.74, 6) is 0.193. The van der Waals surface area contributed by atoms with Gasteiger partial charge in [0.25, 0.3) is 0 Å². The molecule has 2 aromatic rings. The van der Waals surface area contributed by atoms with E-state index in [4.69, 9.17) is 4.74 Å². The van der Waals surface area contributed by atoms with Crippen LogP contribution in [0.3, 0.4) is 0 Å². The smallest absolute Gasteiger partial charge is 0.332 e. The molecular formula is C34H42N6O6. The molecule has 244 valence electrons. The minimum atomic E-state index is -0.964.